The Kier molecular flexibility index (Phi) is 3.70. The summed E-state index contributed by atoms with van der Waals surface area (Å²) in [5.41, 5.74) is -0.265. The van der Waals surface area contributed by atoms with Crippen LogP contribution in [-0.4, -0.2) is 22.2 Å². The summed E-state index contributed by atoms with van der Waals surface area (Å²) >= 11 is 6.72. The first kappa shape index (κ1) is 13.1. The monoisotopic (exact) mass is 260 g/mol. The lowest BCUT2D eigenvalue weighted by Gasteiger charge is -2.19. The molecule has 88 valence electrons. The average Bonchev–Trinajstić information content (AvgIpc) is 2.44. The normalized spacial score (nSPS) is 11.3. The van der Waals surface area contributed by atoms with Crippen LogP contribution in [-0.2, 0) is 0 Å². The Morgan fingerprint density at radius 3 is 2.38 bits per heavy atom. The number of nitrogens with one attached hydrogen (secondary N) is 1. The molecule has 1 amide bonds. The number of hydrogen-bond acceptors (Lipinski definition) is 4. The van der Waals surface area contributed by atoms with Crippen molar-refractivity contribution in [1.29, 1.82) is 0 Å². The number of thiazole rings is 1. The van der Waals surface area contributed by atoms with Gasteiger partial charge in [-0.05, 0) is 20.8 Å². The second-order valence-electron chi connectivity index (χ2n) is 4.40. The van der Waals surface area contributed by atoms with Crippen LogP contribution in [0.3, 0.4) is 0 Å². The van der Waals surface area contributed by atoms with E-state index in [0.717, 1.165) is 11.3 Å². The van der Waals surface area contributed by atoms with E-state index in [0.29, 0.717) is 4.88 Å². The van der Waals surface area contributed by atoms with Crippen LogP contribution in [0, 0.1) is 0 Å². The highest BCUT2D eigenvalue weighted by Gasteiger charge is 2.23. The lowest BCUT2D eigenvalue weighted by molar-refractivity contribution is 0.0905. The minimum atomic E-state index is -0.374. The molecule has 0 bridgehead atoms. The molecule has 16 heavy (non-hydrogen) atoms. The van der Waals surface area contributed by atoms with E-state index in [-0.39, 0.29) is 27.4 Å². The molecular formula is C10H13ClN2O2S. The lowest BCUT2D eigenvalue weighted by Crippen LogP contribution is -2.41. The summed E-state index contributed by atoms with van der Waals surface area (Å²) in [6.07, 6.45) is 0. The highest BCUT2D eigenvalue weighted by Crippen LogP contribution is 2.23. The number of hydrogen-bond donors (Lipinski definition) is 1. The Morgan fingerprint density at radius 1 is 1.38 bits per heavy atom. The minimum absolute atomic E-state index is 0.109. The van der Waals surface area contributed by atoms with Crippen LogP contribution in [0.5, 0.6) is 0 Å². The van der Waals surface area contributed by atoms with Gasteiger partial charge in [-0.25, -0.2) is 4.98 Å². The zero-order chi connectivity index (χ0) is 12.5. The van der Waals surface area contributed by atoms with Gasteiger partial charge in [0.25, 0.3) is 5.91 Å². The number of nitrogens with zero attached hydrogens (tertiary/aromatic N) is 1. The van der Waals surface area contributed by atoms with Gasteiger partial charge < -0.3 is 5.32 Å². The van der Waals surface area contributed by atoms with Crippen molar-refractivity contribution in [3.63, 3.8) is 0 Å². The first-order valence-corrected chi connectivity index (χ1v) is 5.90. The van der Waals surface area contributed by atoms with Crippen LogP contribution in [0.4, 0.5) is 0 Å². The van der Waals surface area contributed by atoms with Crippen LogP contribution < -0.4 is 5.32 Å². The summed E-state index contributed by atoms with van der Waals surface area (Å²) in [7, 11) is 0. The molecule has 0 aromatic carbocycles. The standard InChI is InChI=1S/C10H13ClN2O2S/c1-5(14)7-6(12-9(11)16-7)8(15)13-10(2,3)4/h1-4H3,(H,13,15). The molecule has 1 aromatic rings. The molecule has 0 aliphatic heterocycles. The van der Waals surface area contributed by atoms with Gasteiger partial charge in [0.05, 0.1) is 0 Å². The van der Waals surface area contributed by atoms with Gasteiger partial charge in [0, 0.05) is 12.5 Å². The molecule has 1 heterocycles. The third-order valence-corrected chi connectivity index (χ3v) is 2.89. The Morgan fingerprint density at radius 2 is 1.94 bits per heavy atom. The Hall–Kier alpha value is -0.940. The predicted octanol–water partition coefficient (Wildman–Crippen LogP) is 2.53. The molecular weight excluding hydrogens is 248 g/mol. The Labute approximate surface area is 103 Å². The minimum Gasteiger partial charge on any atom is -0.346 e. The first-order valence-electron chi connectivity index (χ1n) is 4.70. The molecule has 6 heteroatoms. The smallest absolute Gasteiger partial charge is 0.271 e. The van der Waals surface area contributed by atoms with Crippen molar-refractivity contribution in [1.82, 2.24) is 10.3 Å². The van der Waals surface area contributed by atoms with E-state index < -0.39 is 0 Å². The number of carbonyl (C=O) groups is 2. The van der Waals surface area contributed by atoms with Crippen molar-refractivity contribution in [2.24, 2.45) is 0 Å². The molecule has 1 rings (SSSR count). The zero-order valence-corrected chi connectivity index (χ0v) is 11.1. The summed E-state index contributed by atoms with van der Waals surface area (Å²) in [6, 6.07) is 0. The summed E-state index contributed by atoms with van der Waals surface area (Å²) in [5, 5.41) is 2.74. The zero-order valence-electron chi connectivity index (χ0n) is 9.55. The van der Waals surface area contributed by atoms with Crippen molar-refractivity contribution in [3.05, 3.63) is 15.0 Å². The van der Waals surface area contributed by atoms with Crippen molar-refractivity contribution < 1.29 is 9.59 Å². The van der Waals surface area contributed by atoms with Gasteiger partial charge in [-0.15, -0.1) is 0 Å². The molecule has 0 aliphatic carbocycles. The van der Waals surface area contributed by atoms with Gasteiger partial charge in [-0.3, -0.25) is 9.59 Å². The first-order chi connectivity index (χ1) is 7.20. The van der Waals surface area contributed by atoms with E-state index in [4.69, 9.17) is 11.6 Å². The molecule has 1 N–H and O–H groups in total. The molecule has 4 nitrogen and oxygen atoms in total. The predicted molar refractivity (Wildman–Crippen MR) is 64.3 cm³/mol. The third kappa shape index (κ3) is 3.28. The van der Waals surface area contributed by atoms with Crippen molar-refractivity contribution >= 4 is 34.6 Å². The molecule has 1 aromatic heterocycles. The molecule has 0 fully saturated rings. The largest absolute Gasteiger partial charge is 0.346 e. The highest BCUT2D eigenvalue weighted by molar-refractivity contribution is 7.17. The van der Waals surface area contributed by atoms with Crippen LogP contribution >= 0.6 is 22.9 Å². The summed E-state index contributed by atoms with van der Waals surface area (Å²) in [4.78, 5) is 27.3. The molecule has 0 saturated carbocycles. The molecule has 0 unspecified atom stereocenters. The van der Waals surface area contributed by atoms with E-state index >= 15 is 0 Å². The second-order valence-corrected chi connectivity index (χ2v) is 5.99. The summed E-state index contributed by atoms with van der Waals surface area (Å²) in [6.45, 7) is 6.95. The number of rotatable bonds is 2. The van der Waals surface area contributed by atoms with Crippen LogP contribution in [0.25, 0.3) is 0 Å². The number of ketones is 1. The number of amides is 1. The third-order valence-electron chi connectivity index (χ3n) is 1.62. The van der Waals surface area contributed by atoms with Crippen molar-refractivity contribution in [3.8, 4) is 0 Å². The fraction of sp³-hybridized carbons (Fsp3) is 0.500. The van der Waals surface area contributed by atoms with E-state index in [1.165, 1.54) is 6.92 Å². The SMILES string of the molecule is CC(=O)c1sc(Cl)nc1C(=O)NC(C)(C)C. The average molecular weight is 261 g/mol. The van der Waals surface area contributed by atoms with Gasteiger partial charge in [0.2, 0.25) is 0 Å². The quantitative estimate of drug-likeness (QED) is 0.832. The van der Waals surface area contributed by atoms with Crippen molar-refractivity contribution in [2.75, 3.05) is 0 Å². The maximum atomic E-state index is 11.8. The summed E-state index contributed by atoms with van der Waals surface area (Å²) in [5.74, 6) is -0.579. The van der Waals surface area contributed by atoms with E-state index in [1.807, 2.05) is 20.8 Å². The van der Waals surface area contributed by atoms with E-state index in [2.05, 4.69) is 10.3 Å². The number of carbonyl (C=O) groups excluding carboxylic acids is 2. The second kappa shape index (κ2) is 4.51. The molecule has 0 radical (unpaired) electrons. The van der Waals surface area contributed by atoms with Crippen molar-refractivity contribution in [2.45, 2.75) is 33.2 Å². The Balaban J connectivity index is 3.04. The van der Waals surface area contributed by atoms with Gasteiger partial charge in [0.1, 0.15) is 4.88 Å². The lowest BCUT2D eigenvalue weighted by atomic mass is 10.1. The number of Topliss-reactive ketones (excluding diaryl/α,β-unsaturated/α-hetero) is 1. The fourth-order valence-corrected chi connectivity index (χ4v) is 2.09. The maximum absolute atomic E-state index is 11.8. The molecule has 0 aliphatic rings. The van der Waals surface area contributed by atoms with Crippen LogP contribution in [0.15, 0.2) is 0 Å². The van der Waals surface area contributed by atoms with Crippen LogP contribution in [0.2, 0.25) is 4.47 Å². The molecule has 0 spiro atoms. The fourth-order valence-electron chi connectivity index (χ4n) is 1.09. The van der Waals surface area contributed by atoms with Gasteiger partial charge in [-0.2, -0.15) is 0 Å². The highest BCUT2D eigenvalue weighted by atomic mass is 35.5. The topological polar surface area (TPSA) is 59.1 Å². The summed E-state index contributed by atoms with van der Waals surface area (Å²) < 4.78 is 0.198. The maximum Gasteiger partial charge on any atom is 0.271 e. The number of halogens is 1. The van der Waals surface area contributed by atoms with Crippen LogP contribution in [0.1, 0.15) is 47.9 Å². The molecule has 0 saturated heterocycles. The van der Waals surface area contributed by atoms with E-state index in [1.54, 1.807) is 0 Å². The van der Waals surface area contributed by atoms with Gasteiger partial charge in [0.15, 0.2) is 15.9 Å². The van der Waals surface area contributed by atoms with E-state index in [9.17, 15) is 9.59 Å². The number of aromatic nitrogens is 1. The van der Waals surface area contributed by atoms with Gasteiger partial charge in [-0.1, -0.05) is 22.9 Å². The molecule has 0 atom stereocenters. The van der Waals surface area contributed by atoms with Gasteiger partial charge >= 0.3 is 0 Å². The Bertz CT molecular complexity index is 435.